The molecule has 142 valence electrons. The van der Waals surface area contributed by atoms with E-state index in [-0.39, 0.29) is 24.3 Å². The molecule has 6 heteroatoms. The van der Waals surface area contributed by atoms with Crippen LogP contribution in [0.3, 0.4) is 0 Å². The van der Waals surface area contributed by atoms with E-state index >= 15 is 0 Å². The van der Waals surface area contributed by atoms with Crippen LogP contribution in [0.4, 0.5) is 5.69 Å². The van der Waals surface area contributed by atoms with Gasteiger partial charge >= 0.3 is 0 Å². The molecule has 2 aromatic rings. The number of nitrogens with zero attached hydrogens (tertiary/aromatic N) is 1. The fourth-order valence-electron chi connectivity index (χ4n) is 3.15. The molecule has 0 aliphatic carbocycles. The monoisotopic (exact) mass is 368 g/mol. The van der Waals surface area contributed by atoms with E-state index in [9.17, 15) is 9.59 Å². The van der Waals surface area contributed by atoms with Crippen LogP contribution in [-0.4, -0.2) is 38.1 Å². The van der Waals surface area contributed by atoms with Gasteiger partial charge in [-0.15, -0.1) is 0 Å². The zero-order chi connectivity index (χ0) is 19.2. The number of benzene rings is 2. The van der Waals surface area contributed by atoms with Crippen LogP contribution in [0.15, 0.2) is 48.5 Å². The average Bonchev–Trinajstić information content (AvgIpc) is 3.03. The van der Waals surface area contributed by atoms with Gasteiger partial charge in [0.05, 0.1) is 26.2 Å². The molecule has 2 aromatic carbocycles. The highest BCUT2D eigenvalue weighted by atomic mass is 16.5. The topological polar surface area (TPSA) is 67.9 Å². The van der Waals surface area contributed by atoms with Gasteiger partial charge in [-0.05, 0) is 48.9 Å². The van der Waals surface area contributed by atoms with Crippen molar-refractivity contribution in [3.05, 3.63) is 54.1 Å². The van der Waals surface area contributed by atoms with E-state index in [1.165, 1.54) is 0 Å². The van der Waals surface area contributed by atoms with Gasteiger partial charge in [-0.3, -0.25) is 9.59 Å². The van der Waals surface area contributed by atoms with Gasteiger partial charge in [0.15, 0.2) is 0 Å². The molecule has 3 rings (SSSR count). The van der Waals surface area contributed by atoms with E-state index in [0.29, 0.717) is 19.6 Å². The van der Waals surface area contributed by atoms with E-state index in [4.69, 9.17) is 9.47 Å². The van der Waals surface area contributed by atoms with Crippen LogP contribution in [0.5, 0.6) is 11.5 Å². The predicted molar refractivity (Wildman–Crippen MR) is 103 cm³/mol. The highest BCUT2D eigenvalue weighted by molar-refractivity contribution is 5.97. The molecule has 27 heavy (non-hydrogen) atoms. The molecule has 0 bridgehead atoms. The van der Waals surface area contributed by atoms with Gasteiger partial charge in [0.25, 0.3) is 0 Å². The maximum absolute atomic E-state index is 12.3. The fraction of sp³-hybridized carbons (Fsp3) is 0.333. The van der Waals surface area contributed by atoms with E-state index in [1.54, 1.807) is 12.0 Å². The van der Waals surface area contributed by atoms with Gasteiger partial charge < -0.3 is 19.7 Å². The number of carbonyl (C=O) groups excluding carboxylic acids is 2. The average molecular weight is 368 g/mol. The van der Waals surface area contributed by atoms with Crippen molar-refractivity contribution in [1.82, 2.24) is 5.32 Å². The smallest absolute Gasteiger partial charge is 0.229 e. The van der Waals surface area contributed by atoms with E-state index in [2.05, 4.69) is 5.32 Å². The highest BCUT2D eigenvalue weighted by Gasteiger charge is 2.31. The zero-order valence-corrected chi connectivity index (χ0v) is 15.6. The number of methoxy groups -OCH3 is 1. The first-order valence-corrected chi connectivity index (χ1v) is 9.04. The summed E-state index contributed by atoms with van der Waals surface area (Å²) in [6.45, 7) is 3.00. The molecule has 1 atom stereocenters. The van der Waals surface area contributed by atoms with Gasteiger partial charge in [0, 0.05) is 18.7 Å². The molecule has 1 heterocycles. The molecule has 1 fully saturated rings. The second kappa shape index (κ2) is 8.58. The van der Waals surface area contributed by atoms with E-state index in [0.717, 1.165) is 22.7 Å². The molecule has 1 saturated heterocycles. The molecule has 1 aliphatic heterocycles. The molecule has 0 saturated carbocycles. The number of ether oxygens (including phenoxy) is 2. The Bertz CT molecular complexity index is 787. The number of amides is 2. The molecule has 0 aromatic heterocycles. The second-order valence-corrected chi connectivity index (χ2v) is 6.42. The van der Waals surface area contributed by atoms with Crippen LogP contribution in [0.25, 0.3) is 0 Å². The lowest BCUT2D eigenvalue weighted by Gasteiger charge is -2.18. The SMILES string of the molecule is CCOc1ccc(N2C[C@@H](NC(=O)Cc3ccc(OC)cc3)CC2=O)cc1. The number of nitrogens with one attached hydrogen (secondary N) is 1. The van der Waals surface area contributed by atoms with Gasteiger partial charge in [-0.1, -0.05) is 12.1 Å². The first-order chi connectivity index (χ1) is 13.1. The minimum absolute atomic E-state index is 0.00825. The third-order valence-electron chi connectivity index (χ3n) is 4.47. The standard InChI is InChI=1S/C21H24N2O4/c1-3-27-19-10-6-17(7-11-19)23-14-16(13-21(23)25)22-20(24)12-15-4-8-18(26-2)9-5-15/h4-11,16H,3,12-14H2,1-2H3,(H,22,24)/t16-/m0/s1. The quantitative estimate of drug-likeness (QED) is 0.816. The largest absolute Gasteiger partial charge is 0.497 e. The van der Waals surface area contributed by atoms with Crippen molar-refractivity contribution >= 4 is 17.5 Å². The maximum atomic E-state index is 12.3. The lowest BCUT2D eigenvalue weighted by molar-refractivity contribution is -0.121. The van der Waals surface area contributed by atoms with Crippen LogP contribution in [-0.2, 0) is 16.0 Å². The van der Waals surface area contributed by atoms with Crippen molar-refractivity contribution in [3.8, 4) is 11.5 Å². The Morgan fingerprint density at radius 3 is 2.41 bits per heavy atom. The lowest BCUT2D eigenvalue weighted by Crippen LogP contribution is -2.38. The normalized spacial score (nSPS) is 16.3. The van der Waals surface area contributed by atoms with Gasteiger partial charge in [0.2, 0.25) is 11.8 Å². The van der Waals surface area contributed by atoms with Crippen molar-refractivity contribution in [1.29, 1.82) is 0 Å². The summed E-state index contributed by atoms with van der Waals surface area (Å²) >= 11 is 0. The van der Waals surface area contributed by atoms with Crippen molar-refractivity contribution in [3.63, 3.8) is 0 Å². The predicted octanol–water partition coefficient (Wildman–Crippen LogP) is 2.56. The Morgan fingerprint density at radius 2 is 1.78 bits per heavy atom. The Morgan fingerprint density at radius 1 is 1.11 bits per heavy atom. The van der Waals surface area contributed by atoms with Gasteiger partial charge in [0.1, 0.15) is 11.5 Å². The molecular weight excluding hydrogens is 344 g/mol. The van der Waals surface area contributed by atoms with Gasteiger partial charge in [-0.2, -0.15) is 0 Å². The number of anilines is 1. The zero-order valence-electron chi connectivity index (χ0n) is 15.6. The summed E-state index contributed by atoms with van der Waals surface area (Å²) in [5.74, 6) is 1.45. The summed E-state index contributed by atoms with van der Waals surface area (Å²) in [5, 5.41) is 2.96. The van der Waals surface area contributed by atoms with Crippen LogP contribution in [0, 0.1) is 0 Å². The summed E-state index contributed by atoms with van der Waals surface area (Å²) in [6.07, 6.45) is 0.583. The molecule has 0 spiro atoms. The molecule has 0 radical (unpaired) electrons. The number of carbonyl (C=O) groups is 2. The van der Waals surface area contributed by atoms with E-state index in [1.807, 2.05) is 55.5 Å². The summed E-state index contributed by atoms with van der Waals surface area (Å²) < 4.78 is 10.5. The summed E-state index contributed by atoms with van der Waals surface area (Å²) in [5.41, 5.74) is 1.72. The Kier molecular flexibility index (Phi) is 5.96. The third-order valence-corrected chi connectivity index (χ3v) is 4.47. The maximum Gasteiger partial charge on any atom is 0.229 e. The first-order valence-electron chi connectivity index (χ1n) is 9.04. The number of hydrogen-bond donors (Lipinski definition) is 1. The molecule has 0 unspecified atom stereocenters. The van der Waals surface area contributed by atoms with Crippen LogP contribution in [0.2, 0.25) is 0 Å². The van der Waals surface area contributed by atoms with Crippen molar-refractivity contribution in [2.45, 2.75) is 25.8 Å². The fourth-order valence-corrected chi connectivity index (χ4v) is 3.15. The minimum atomic E-state index is -0.185. The Labute approximate surface area is 159 Å². The van der Waals surface area contributed by atoms with Gasteiger partial charge in [-0.25, -0.2) is 0 Å². The van der Waals surface area contributed by atoms with Crippen molar-refractivity contribution in [2.24, 2.45) is 0 Å². The minimum Gasteiger partial charge on any atom is -0.497 e. The summed E-state index contributed by atoms with van der Waals surface area (Å²) in [6, 6.07) is 14.6. The molecular formula is C21H24N2O4. The van der Waals surface area contributed by atoms with Crippen LogP contribution < -0.4 is 19.7 Å². The third kappa shape index (κ3) is 4.78. The van der Waals surface area contributed by atoms with Crippen LogP contribution >= 0.6 is 0 Å². The first kappa shape index (κ1) is 18.8. The highest BCUT2D eigenvalue weighted by Crippen LogP contribution is 2.24. The molecule has 2 amide bonds. The second-order valence-electron chi connectivity index (χ2n) is 6.42. The molecule has 6 nitrogen and oxygen atoms in total. The summed E-state index contributed by atoms with van der Waals surface area (Å²) in [7, 11) is 1.61. The summed E-state index contributed by atoms with van der Waals surface area (Å²) in [4.78, 5) is 26.3. The Hall–Kier alpha value is -3.02. The number of rotatable bonds is 7. The lowest BCUT2D eigenvalue weighted by atomic mass is 10.1. The van der Waals surface area contributed by atoms with Crippen LogP contribution in [0.1, 0.15) is 18.9 Å². The molecule has 1 aliphatic rings. The van der Waals surface area contributed by atoms with Crippen molar-refractivity contribution in [2.75, 3.05) is 25.2 Å². The number of hydrogen-bond acceptors (Lipinski definition) is 4. The van der Waals surface area contributed by atoms with Crippen molar-refractivity contribution < 1.29 is 19.1 Å². The van der Waals surface area contributed by atoms with E-state index < -0.39 is 0 Å². The molecule has 1 N–H and O–H groups in total. The Balaban J connectivity index is 1.55.